The Balaban J connectivity index is 2.23. The first-order valence-electron chi connectivity index (χ1n) is 6.80. The van der Waals surface area contributed by atoms with E-state index in [0.717, 1.165) is 30.8 Å². The second-order valence-electron chi connectivity index (χ2n) is 5.30. The fourth-order valence-electron chi connectivity index (χ4n) is 2.26. The third kappa shape index (κ3) is 3.31. The van der Waals surface area contributed by atoms with Crippen molar-refractivity contribution >= 4 is 10.9 Å². The first kappa shape index (κ1) is 14.0. The Morgan fingerprint density at radius 1 is 1.16 bits per heavy atom. The maximum atomic E-state index is 4.66. The summed E-state index contributed by atoms with van der Waals surface area (Å²) in [6.45, 7) is 7.22. The number of rotatable bonds is 5. The number of nitrogens with one attached hydrogen (secondary N) is 1. The van der Waals surface area contributed by atoms with Crippen molar-refractivity contribution in [2.45, 2.75) is 20.4 Å². The van der Waals surface area contributed by atoms with Gasteiger partial charge in [-0.2, -0.15) is 0 Å². The molecule has 19 heavy (non-hydrogen) atoms. The molecule has 0 aliphatic carbocycles. The van der Waals surface area contributed by atoms with E-state index in [-0.39, 0.29) is 0 Å². The van der Waals surface area contributed by atoms with Gasteiger partial charge in [0.1, 0.15) is 0 Å². The number of aromatic nitrogens is 1. The van der Waals surface area contributed by atoms with Crippen molar-refractivity contribution < 1.29 is 0 Å². The molecule has 0 saturated heterocycles. The lowest BCUT2D eigenvalue weighted by Gasteiger charge is -2.14. The Labute approximate surface area is 115 Å². The van der Waals surface area contributed by atoms with E-state index < -0.39 is 0 Å². The highest BCUT2D eigenvalue weighted by Gasteiger charge is 2.08. The molecule has 1 N–H and O–H groups in total. The van der Waals surface area contributed by atoms with Gasteiger partial charge in [-0.25, -0.2) is 0 Å². The van der Waals surface area contributed by atoms with Crippen molar-refractivity contribution in [1.82, 2.24) is 15.2 Å². The fourth-order valence-corrected chi connectivity index (χ4v) is 2.26. The van der Waals surface area contributed by atoms with Crippen molar-refractivity contribution in [2.24, 2.45) is 0 Å². The largest absolute Gasteiger partial charge is 0.311 e. The smallest absolute Gasteiger partial charge is 0.0708 e. The highest BCUT2D eigenvalue weighted by molar-refractivity contribution is 5.83. The van der Waals surface area contributed by atoms with E-state index in [4.69, 9.17) is 0 Å². The van der Waals surface area contributed by atoms with E-state index in [0.29, 0.717) is 0 Å². The first-order valence-corrected chi connectivity index (χ1v) is 6.80. The molecule has 1 heterocycles. The van der Waals surface area contributed by atoms with E-state index in [9.17, 15) is 0 Å². The summed E-state index contributed by atoms with van der Waals surface area (Å²) in [5.74, 6) is 0. The number of hydrogen-bond donors (Lipinski definition) is 1. The van der Waals surface area contributed by atoms with Gasteiger partial charge < -0.3 is 10.2 Å². The second-order valence-corrected chi connectivity index (χ2v) is 5.30. The minimum absolute atomic E-state index is 0.906. The minimum atomic E-state index is 0.906. The molecule has 0 aliphatic rings. The zero-order chi connectivity index (χ0) is 13.8. The van der Waals surface area contributed by atoms with E-state index in [1.165, 1.54) is 16.5 Å². The Kier molecular flexibility index (Phi) is 4.51. The molecule has 102 valence electrons. The van der Waals surface area contributed by atoms with Crippen LogP contribution in [0.4, 0.5) is 0 Å². The molecule has 0 atom stereocenters. The number of hydrogen-bond acceptors (Lipinski definition) is 3. The summed E-state index contributed by atoms with van der Waals surface area (Å²) in [7, 11) is 4.19. The molecule has 0 fully saturated rings. The predicted molar refractivity (Wildman–Crippen MR) is 81.5 cm³/mol. The quantitative estimate of drug-likeness (QED) is 0.834. The van der Waals surface area contributed by atoms with E-state index in [1.54, 1.807) is 0 Å². The van der Waals surface area contributed by atoms with Gasteiger partial charge >= 0.3 is 0 Å². The number of para-hydroxylation sites is 1. The summed E-state index contributed by atoms with van der Waals surface area (Å²) in [4.78, 5) is 6.85. The standard InChI is InChI=1S/C16H23N3/c1-12-13(2)18-16-8-6-5-7-14(16)15(12)11-17-9-10-19(3)4/h5-8,17H,9-11H2,1-4H3. The maximum absolute atomic E-state index is 4.66. The normalized spacial score (nSPS) is 11.4. The van der Waals surface area contributed by atoms with Crippen LogP contribution >= 0.6 is 0 Å². The molecule has 0 radical (unpaired) electrons. The molecular formula is C16H23N3. The SMILES string of the molecule is Cc1nc2ccccc2c(CNCCN(C)C)c1C. The molecule has 3 heteroatoms. The molecule has 0 bridgehead atoms. The van der Waals surface area contributed by atoms with Crippen LogP contribution in [0.2, 0.25) is 0 Å². The average Bonchev–Trinajstić information content (AvgIpc) is 2.38. The van der Waals surface area contributed by atoms with Crippen LogP contribution in [0.15, 0.2) is 24.3 Å². The average molecular weight is 257 g/mol. The summed E-state index contributed by atoms with van der Waals surface area (Å²) in [5.41, 5.74) is 4.90. The molecule has 0 aliphatic heterocycles. The summed E-state index contributed by atoms with van der Waals surface area (Å²) in [5, 5.41) is 4.79. The number of fused-ring (bicyclic) bond motifs is 1. The highest BCUT2D eigenvalue weighted by atomic mass is 15.1. The van der Waals surface area contributed by atoms with Crippen LogP contribution < -0.4 is 5.32 Å². The van der Waals surface area contributed by atoms with Crippen LogP contribution in [0.25, 0.3) is 10.9 Å². The summed E-state index contributed by atoms with van der Waals surface area (Å²) < 4.78 is 0. The van der Waals surface area contributed by atoms with Crippen LogP contribution in [0, 0.1) is 13.8 Å². The van der Waals surface area contributed by atoms with Gasteiger partial charge in [-0.15, -0.1) is 0 Å². The van der Waals surface area contributed by atoms with Crippen LogP contribution in [0.5, 0.6) is 0 Å². The molecule has 3 nitrogen and oxygen atoms in total. The van der Waals surface area contributed by atoms with Crippen molar-refractivity contribution in [3.8, 4) is 0 Å². The van der Waals surface area contributed by atoms with Gasteiger partial charge in [0.15, 0.2) is 0 Å². The van der Waals surface area contributed by atoms with Gasteiger partial charge in [0.2, 0.25) is 0 Å². The second kappa shape index (κ2) is 6.13. The van der Waals surface area contributed by atoms with Crippen LogP contribution in [-0.4, -0.2) is 37.1 Å². The summed E-state index contributed by atoms with van der Waals surface area (Å²) in [6, 6.07) is 8.39. The van der Waals surface area contributed by atoms with Crippen LogP contribution in [-0.2, 0) is 6.54 Å². The van der Waals surface area contributed by atoms with Gasteiger partial charge in [-0.1, -0.05) is 18.2 Å². The Morgan fingerprint density at radius 2 is 1.89 bits per heavy atom. The molecule has 1 aromatic carbocycles. The highest BCUT2D eigenvalue weighted by Crippen LogP contribution is 2.22. The van der Waals surface area contributed by atoms with Gasteiger partial charge in [-0.05, 0) is 45.1 Å². The number of benzene rings is 1. The minimum Gasteiger partial charge on any atom is -0.311 e. The monoisotopic (exact) mass is 257 g/mol. The molecule has 1 aromatic heterocycles. The van der Waals surface area contributed by atoms with Crippen molar-refractivity contribution in [3.63, 3.8) is 0 Å². The summed E-state index contributed by atoms with van der Waals surface area (Å²) in [6.07, 6.45) is 0. The Bertz CT molecular complexity index is 561. The molecule has 2 rings (SSSR count). The first-order chi connectivity index (χ1) is 9.09. The fraction of sp³-hybridized carbons (Fsp3) is 0.438. The Morgan fingerprint density at radius 3 is 2.63 bits per heavy atom. The molecule has 2 aromatic rings. The molecular weight excluding hydrogens is 234 g/mol. The lowest BCUT2D eigenvalue weighted by Crippen LogP contribution is -2.26. The zero-order valence-corrected chi connectivity index (χ0v) is 12.3. The number of nitrogens with zero attached hydrogens (tertiary/aromatic N) is 2. The van der Waals surface area contributed by atoms with Crippen molar-refractivity contribution in [3.05, 3.63) is 41.1 Å². The third-order valence-electron chi connectivity index (χ3n) is 3.55. The van der Waals surface area contributed by atoms with Gasteiger partial charge in [0, 0.05) is 30.7 Å². The topological polar surface area (TPSA) is 28.2 Å². The third-order valence-corrected chi connectivity index (χ3v) is 3.55. The van der Waals surface area contributed by atoms with Crippen LogP contribution in [0.3, 0.4) is 0 Å². The molecule has 0 unspecified atom stereocenters. The van der Waals surface area contributed by atoms with E-state index in [1.807, 2.05) is 6.07 Å². The van der Waals surface area contributed by atoms with Crippen LogP contribution in [0.1, 0.15) is 16.8 Å². The zero-order valence-electron chi connectivity index (χ0n) is 12.3. The number of aryl methyl sites for hydroxylation is 1. The Hall–Kier alpha value is -1.45. The van der Waals surface area contributed by atoms with Crippen molar-refractivity contribution in [2.75, 3.05) is 27.2 Å². The predicted octanol–water partition coefficient (Wildman–Crippen LogP) is 2.50. The van der Waals surface area contributed by atoms with Gasteiger partial charge in [0.05, 0.1) is 5.52 Å². The number of pyridine rings is 1. The van der Waals surface area contributed by atoms with Gasteiger partial charge in [0.25, 0.3) is 0 Å². The lowest BCUT2D eigenvalue weighted by molar-refractivity contribution is 0.400. The maximum Gasteiger partial charge on any atom is 0.0708 e. The molecule has 0 spiro atoms. The lowest BCUT2D eigenvalue weighted by atomic mass is 10.0. The molecule has 0 amide bonds. The molecule has 0 saturated carbocycles. The summed E-state index contributed by atoms with van der Waals surface area (Å²) >= 11 is 0. The van der Waals surface area contributed by atoms with E-state index >= 15 is 0 Å². The van der Waals surface area contributed by atoms with Gasteiger partial charge in [-0.3, -0.25) is 4.98 Å². The number of likely N-dealkylation sites (N-methyl/N-ethyl adjacent to an activating group) is 1. The van der Waals surface area contributed by atoms with Crippen molar-refractivity contribution in [1.29, 1.82) is 0 Å². The van der Waals surface area contributed by atoms with E-state index in [2.05, 4.69) is 61.3 Å².